The van der Waals surface area contributed by atoms with Crippen molar-refractivity contribution in [2.24, 2.45) is 5.73 Å². The molecule has 1 aromatic heterocycles. The van der Waals surface area contributed by atoms with Crippen LogP contribution in [0.3, 0.4) is 0 Å². The van der Waals surface area contributed by atoms with E-state index >= 15 is 0 Å². The lowest BCUT2D eigenvalue weighted by Crippen LogP contribution is -2.22. The third-order valence-electron chi connectivity index (χ3n) is 6.18. The number of nitrogens with zero attached hydrogens (tertiary/aromatic N) is 3. The third kappa shape index (κ3) is 4.48. The van der Waals surface area contributed by atoms with Gasteiger partial charge in [0, 0.05) is 16.1 Å². The summed E-state index contributed by atoms with van der Waals surface area (Å²) in [6, 6.07) is 25.0. The highest BCUT2D eigenvalue weighted by atomic mass is 35.5. The summed E-state index contributed by atoms with van der Waals surface area (Å²) in [5, 5.41) is 15.5. The van der Waals surface area contributed by atoms with Crippen molar-refractivity contribution in [2.45, 2.75) is 26.4 Å². The molecule has 1 aliphatic rings. The van der Waals surface area contributed by atoms with Crippen molar-refractivity contribution in [2.75, 3.05) is 6.61 Å². The summed E-state index contributed by atoms with van der Waals surface area (Å²) >= 11 is 6.39. The van der Waals surface area contributed by atoms with Crippen LogP contribution in [0, 0.1) is 18.3 Å². The molecule has 0 radical (unpaired) electrons. The normalized spacial score (nSPS) is 14.5. The van der Waals surface area contributed by atoms with Crippen LogP contribution in [0.1, 0.15) is 35.2 Å². The Bertz CT molecular complexity index is 1520. The van der Waals surface area contributed by atoms with Crippen LogP contribution in [0.15, 0.2) is 84.3 Å². The van der Waals surface area contributed by atoms with Crippen LogP contribution < -0.4 is 19.9 Å². The molecule has 5 rings (SSSR count). The maximum absolute atomic E-state index is 10.2. The molecule has 186 valence electrons. The van der Waals surface area contributed by atoms with Crippen LogP contribution in [0.4, 0.5) is 0 Å². The van der Waals surface area contributed by atoms with Gasteiger partial charge in [-0.25, -0.2) is 4.68 Å². The van der Waals surface area contributed by atoms with Gasteiger partial charge in [0.05, 0.1) is 29.5 Å². The minimum absolute atomic E-state index is 0.0240. The minimum Gasteiger partial charge on any atom is -0.490 e. The molecule has 1 unspecified atom stereocenters. The summed E-state index contributed by atoms with van der Waals surface area (Å²) in [6.45, 7) is 4.46. The minimum atomic E-state index is -0.576. The fourth-order valence-electron chi connectivity index (χ4n) is 4.52. The van der Waals surface area contributed by atoms with Crippen molar-refractivity contribution in [3.8, 4) is 29.1 Å². The van der Waals surface area contributed by atoms with E-state index in [1.807, 2.05) is 86.6 Å². The Morgan fingerprint density at radius 2 is 1.81 bits per heavy atom. The van der Waals surface area contributed by atoms with Crippen molar-refractivity contribution < 1.29 is 14.2 Å². The van der Waals surface area contributed by atoms with Crippen molar-refractivity contribution in [3.63, 3.8) is 0 Å². The van der Waals surface area contributed by atoms with Gasteiger partial charge in [0.1, 0.15) is 18.2 Å². The zero-order chi connectivity index (χ0) is 25.9. The molecule has 2 N–H and O–H groups in total. The second kappa shape index (κ2) is 10.3. The molecule has 7 nitrogen and oxygen atoms in total. The molecule has 1 aliphatic heterocycles. The van der Waals surface area contributed by atoms with E-state index in [4.69, 9.17) is 36.6 Å². The first kappa shape index (κ1) is 24.3. The number of aryl methyl sites for hydroxylation is 1. The number of halogens is 1. The first-order valence-corrected chi connectivity index (χ1v) is 12.3. The zero-order valence-electron chi connectivity index (χ0n) is 20.4. The molecule has 0 saturated carbocycles. The summed E-state index contributed by atoms with van der Waals surface area (Å²) in [4.78, 5) is 0. The van der Waals surface area contributed by atoms with Crippen LogP contribution in [-0.4, -0.2) is 16.4 Å². The van der Waals surface area contributed by atoms with E-state index in [0.717, 1.165) is 22.4 Å². The summed E-state index contributed by atoms with van der Waals surface area (Å²) in [7, 11) is 0. The number of aromatic nitrogens is 2. The Kier molecular flexibility index (Phi) is 6.76. The maximum Gasteiger partial charge on any atom is 0.229 e. The van der Waals surface area contributed by atoms with Crippen molar-refractivity contribution in [1.29, 1.82) is 5.26 Å². The van der Waals surface area contributed by atoms with Gasteiger partial charge in [0.15, 0.2) is 11.5 Å². The predicted molar refractivity (Wildman–Crippen MR) is 141 cm³/mol. The van der Waals surface area contributed by atoms with E-state index in [0.29, 0.717) is 34.7 Å². The quantitative estimate of drug-likeness (QED) is 0.325. The number of hydrogen-bond donors (Lipinski definition) is 1. The van der Waals surface area contributed by atoms with Gasteiger partial charge >= 0.3 is 0 Å². The number of ether oxygens (including phenoxy) is 3. The van der Waals surface area contributed by atoms with Crippen molar-refractivity contribution >= 4 is 11.6 Å². The lowest BCUT2D eigenvalue weighted by molar-refractivity contribution is 0.266. The molecule has 0 aliphatic carbocycles. The van der Waals surface area contributed by atoms with Gasteiger partial charge < -0.3 is 19.9 Å². The lowest BCUT2D eigenvalue weighted by atomic mass is 9.83. The van der Waals surface area contributed by atoms with E-state index in [2.05, 4.69) is 6.07 Å². The monoisotopic (exact) mass is 512 g/mol. The van der Waals surface area contributed by atoms with Crippen molar-refractivity contribution in [3.05, 3.63) is 112 Å². The van der Waals surface area contributed by atoms with Crippen LogP contribution >= 0.6 is 11.6 Å². The molecule has 8 heteroatoms. The van der Waals surface area contributed by atoms with Gasteiger partial charge in [-0.3, -0.25) is 0 Å². The van der Waals surface area contributed by atoms with Gasteiger partial charge in [-0.1, -0.05) is 60.1 Å². The zero-order valence-corrected chi connectivity index (χ0v) is 21.2. The van der Waals surface area contributed by atoms with E-state index in [1.54, 1.807) is 4.68 Å². The van der Waals surface area contributed by atoms with Crippen molar-refractivity contribution in [1.82, 2.24) is 9.78 Å². The number of nitrogens with two attached hydrogens (primary N) is 1. The molecular formula is C29H25ClN4O3. The fourth-order valence-corrected chi connectivity index (χ4v) is 4.71. The van der Waals surface area contributed by atoms with E-state index < -0.39 is 5.92 Å². The Morgan fingerprint density at radius 1 is 1.05 bits per heavy atom. The average molecular weight is 513 g/mol. The van der Waals surface area contributed by atoms with Gasteiger partial charge in [-0.05, 0) is 38.1 Å². The molecule has 3 aromatic carbocycles. The number of hydrogen-bond acceptors (Lipinski definition) is 6. The first-order valence-electron chi connectivity index (χ1n) is 11.9. The number of fused-ring (bicyclic) bond motifs is 1. The summed E-state index contributed by atoms with van der Waals surface area (Å²) in [5.41, 5.74) is 10.4. The summed E-state index contributed by atoms with van der Waals surface area (Å²) < 4.78 is 20.0. The number of allylic oxidation sites excluding steroid dienone is 1. The Labute approximate surface area is 220 Å². The highest BCUT2D eigenvalue weighted by Gasteiger charge is 2.38. The van der Waals surface area contributed by atoms with E-state index in [9.17, 15) is 5.26 Å². The fraction of sp³-hybridized carbons (Fsp3) is 0.172. The molecule has 1 atom stereocenters. The van der Waals surface area contributed by atoms with Crippen LogP contribution in [-0.2, 0) is 6.61 Å². The Hall–Kier alpha value is -4.41. The van der Waals surface area contributed by atoms with Crippen LogP contribution in [0.25, 0.3) is 5.69 Å². The number of benzene rings is 3. The number of nitriles is 1. The van der Waals surface area contributed by atoms with Crippen LogP contribution in [0.2, 0.25) is 5.02 Å². The predicted octanol–water partition coefficient (Wildman–Crippen LogP) is 6.03. The van der Waals surface area contributed by atoms with Gasteiger partial charge in [0.25, 0.3) is 0 Å². The molecule has 0 spiro atoms. The smallest absolute Gasteiger partial charge is 0.229 e. The van der Waals surface area contributed by atoms with Gasteiger partial charge in [-0.15, -0.1) is 0 Å². The Balaban J connectivity index is 1.68. The molecule has 37 heavy (non-hydrogen) atoms. The highest BCUT2D eigenvalue weighted by Crippen LogP contribution is 2.49. The maximum atomic E-state index is 10.2. The standard InChI is InChI=1S/C29H25ClN4O3/c1-3-35-24-15-9-13-21(27(24)36-17-19-10-7-8-14-23(19)30)26-22(16-31)28(32)37-29-25(26)18(2)33-34(29)20-11-5-4-6-12-20/h4-15,26H,3,17,32H2,1-2H3. The summed E-state index contributed by atoms with van der Waals surface area (Å²) in [6.07, 6.45) is 0. The topological polar surface area (TPSA) is 95.3 Å². The SMILES string of the molecule is CCOc1cccc(C2C(C#N)=C(N)Oc3c2c(C)nn3-c2ccccc2)c1OCc1ccccc1Cl. The Morgan fingerprint density at radius 3 is 2.54 bits per heavy atom. The molecule has 0 amide bonds. The molecular weight excluding hydrogens is 488 g/mol. The second-order valence-corrected chi connectivity index (χ2v) is 8.87. The number of para-hydroxylation sites is 2. The van der Waals surface area contributed by atoms with Gasteiger partial charge in [-0.2, -0.15) is 10.4 Å². The summed E-state index contributed by atoms with van der Waals surface area (Å²) in [5.74, 6) is 0.978. The highest BCUT2D eigenvalue weighted by molar-refractivity contribution is 6.31. The van der Waals surface area contributed by atoms with E-state index in [1.165, 1.54) is 0 Å². The van der Waals surface area contributed by atoms with Crippen LogP contribution in [0.5, 0.6) is 17.4 Å². The number of rotatable bonds is 7. The molecule has 2 heterocycles. The largest absolute Gasteiger partial charge is 0.490 e. The molecule has 4 aromatic rings. The molecule has 0 bridgehead atoms. The molecule has 0 fully saturated rings. The first-order chi connectivity index (χ1) is 18.0. The van der Waals surface area contributed by atoms with E-state index in [-0.39, 0.29) is 18.1 Å². The third-order valence-corrected chi connectivity index (χ3v) is 6.55. The second-order valence-electron chi connectivity index (χ2n) is 8.46. The molecule has 0 saturated heterocycles. The average Bonchev–Trinajstić information content (AvgIpc) is 3.24. The lowest BCUT2D eigenvalue weighted by Gasteiger charge is -2.27. The van der Waals surface area contributed by atoms with Gasteiger partial charge in [0.2, 0.25) is 11.8 Å².